The van der Waals surface area contributed by atoms with Gasteiger partial charge in [0.2, 0.25) is 5.69 Å². The molecule has 0 aliphatic heterocycles. The van der Waals surface area contributed by atoms with Gasteiger partial charge in [-0.05, 0) is 13.3 Å². The molecule has 144 valence electrons. The van der Waals surface area contributed by atoms with Crippen LogP contribution in [-0.4, -0.2) is 43.8 Å². The second-order valence-corrected chi connectivity index (χ2v) is 7.32. The second kappa shape index (κ2) is 8.56. The number of nitrogens with zero attached hydrogens (tertiary/aromatic N) is 3. The number of amides is 1. The minimum absolute atomic E-state index is 0.0372. The highest BCUT2D eigenvalue weighted by molar-refractivity contribution is 7.90. The van der Waals surface area contributed by atoms with E-state index in [0.717, 1.165) is 11.2 Å². The summed E-state index contributed by atoms with van der Waals surface area (Å²) in [6.07, 6.45) is 0.800. The molecule has 0 N–H and O–H groups in total. The fourth-order valence-corrected chi connectivity index (χ4v) is 2.81. The Balaban J connectivity index is 3.80. The van der Waals surface area contributed by atoms with Crippen molar-refractivity contribution in [3.05, 3.63) is 32.4 Å². The van der Waals surface area contributed by atoms with Crippen molar-refractivity contribution in [2.45, 2.75) is 31.6 Å². The second-order valence-electron chi connectivity index (χ2n) is 5.30. The van der Waals surface area contributed by atoms with E-state index in [1.807, 2.05) is 0 Å². The van der Waals surface area contributed by atoms with Gasteiger partial charge in [-0.3, -0.25) is 25.1 Å². The van der Waals surface area contributed by atoms with Crippen LogP contribution in [0.15, 0.2) is 17.0 Å². The fourth-order valence-electron chi connectivity index (χ4n) is 2.16. The van der Waals surface area contributed by atoms with Crippen LogP contribution in [0.2, 0.25) is 0 Å². The zero-order valence-electron chi connectivity index (χ0n) is 14.5. The summed E-state index contributed by atoms with van der Waals surface area (Å²) in [4.78, 5) is 33.4. The monoisotopic (exact) mass is 389 g/mol. The Morgan fingerprint density at radius 3 is 2.00 bits per heavy atom. The van der Waals surface area contributed by atoms with E-state index >= 15 is 0 Å². The van der Waals surface area contributed by atoms with E-state index in [1.165, 1.54) is 6.92 Å². The van der Waals surface area contributed by atoms with Gasteiger partial charge in [0.15, 0.2) is 9.84 Å². The molecule has 0 aromatic heterocycles. The van der Waals surface area contributed by atoms with Crippen molar-refractivity contribution in [2.24, 2.45) is 0 Å². The number of ether oxygens (including phenoxy) is 1. The molecule has 0 unspecified atom stereocenters. The number of nitro benzene ring substituents is 2. The zero-order chi connectivity index (χ0) is 20.1. The maximum Gasteiger partial charge on any atom is 0.414 e. The van der Waals surface area contributed by atoms with Gasteiger partial charge in [-0.15, -0.1) is 0 Å². The Labute approximate surface area is 149 Å². The van der Waals surface area contributed by atoms with E-state index in [2.05, 4.69) is 0 Å². The van der Waals surface area contributed by atoms with Gasteiger partial charge < -0.3 is 4.74 Å². The largest absolute Gasteiger partial charge is 0.449 e. The number of hydrogen-bond acceptors (Lipinski definition) is 8. The Hall–Kier alpha value is -2.76. The summed E-state index contributed by atoms with van der Waals surface area (Å²) in [5.41, 5.74) is -2.31. The van der Waals surface area contributed by atoms with E-state index in [1.54, 1.807) is 6.92 Å². The third-order valence-corrected chi connectivity index (χ3v) is 4.45. The summed E-state index contributed by atoms with van der Waals surface area (Å²) in [5, 5.41) is 22.9. The molecule has 0 saturated carbocycles. The van der Waals surface area contributed by atoms with Crippen LogP contribution in [0.5, 0.6) is 0 Å². The number of carbonyl (C=O) groups is 1. The predicted octanol–water partition coefficient (Wildman–Crippen LogP) is 2.67. The van der Waals surface area contributed by atoms with E-state index in [-0.39, 0.29) is 13.2 Å². The summed E-state index contributed by atoms with van der Waals surface area (Å²) in [6, 6.07) is 1.41. The molecule has 1 amide bonds. The first-order valence-corrected chi connectivity index (χ1v) is 9.54. The van der Waals surface area contributed by atoms with Gasteiger partial charge in [0.1, 0.15) is 0 Å². The maximum atomic E-state index is 12.2. The summed E-state index contributed by atoms with van der Waals surface area (Å²) in [5.74, 6) is 0. The smallest absolute Gasteiger partial charge is 0.414 e. The first-order valence-electron chi connectivity index (χ1n) is 7.65. The van der Waals surface area contributed by atoms with Crippen molar-refractivity contribution in [1.82, 2.24) is 0 Å². The lowest BCUT2D eigenvalue weighted by Crippen LogP contribution is -2.33. The molecule has 0 heterocycles. The fraction of sp³-hybridized carbons (Fsp3) is 0.500. The highest BCUT2D eigenvalue weighted by atomic mass is 32.2. The van der Waals surface area contributed by atoms with Crippen LogP contribution in [0.4, 0.5) is 21.9 Å². The molecule has 0 fully saturated rings. The topological polar surface area (TPSA) is 150 Å². The third-order valence-electron chi connectivity index (χ3n) is 3.36. The summed E-state index contributed by atoms with van der Waals surface area (Å²) >= 11 is 0. The van der Waals surface area contributed by atoms with Gasteiger partial charge in [0.25, 0.3) is 0 Å². The molecule has 0 radical (unpaired) electrons. The average molecular weight is 389 g/mol. The van der Waals surface area contributed by atoms with Crippen LogP contribution in [-0.2, 0) is 14.6 Å². The van der Waals surface area contributed by atoms with Crippen molar-refractivity contribution >= 4 is 33.0 Å². The van der Waals surface area contributed by atoms with Crippen molar-refractivity contribution in [3.8, 4) is 0 Å². The van der Waals surface area contributed by atoms with Gasteiger partial charge >= 0.3 is 17.5 Å². The Bertz CT molecular complexity index is 786. The van der Waals surface area contributed by atoms with Crippen molar-refractivity contribution < 1.29 is 27.8 Å². The molecule has 0 aliphatic carbocycles. The number of anilines is 1. The lowest BCUT2D eigenvalue weighted by atomic mass is 10.2. The molecule has 11 nitrogen and oxygen atoms in total. The molecule has 1 rings (SSSR count). The van der Waals surface area contributed by atoms with Crippen molar-refractivity contribution in [2.75, 3.05) is 24.3 Å². The molecule has 26 heavy (non-hydrogen) atoms. The van der Waals surface area contributed by atoms with Crippen LogP contribution in [0.25, 0.3) is 0 Å². The minimum Gasteiger partial charge on any atom is -0.449 e. The van der Waals surface area contributed by atoms with Crippen molar-refractivity contribution in [1.29, 1.82) is 0 Å². The lowest BCUT2D eigenvalue weighted by molar-refractivity contribution is -0.392. The molecule has 0 spiro atoms. The van der Waals surface area contributed by atoms with E-state index in [4.69, 9.17) is 4.74 Å². The Morgan fingerprint density at radius 1 is 1.15 bits per heavy atom. The summed E-state index contributed by atoms with van der Waals surface area (Å²) in [6.45, 7) is 3.23. The number of carbonyl (C=O) groups excluding carboxylic acids is 1. The van der Waals surface area contributed by atoms with Gasteiger partial charge in [-0.25, -0.2) is 13.2 Å². The van der Waals surface area contributed by atoms with Crippen LogP contribution in [0, 0.1) is 20.2 Å². The molecular weight excluding hydrogens is 370 g/mol. The number of rotatable bonds is 8. The van der Waals surface area contributed by atoms with E-state index < -0.39 is 47.7 Å². The minimum atomic E-state index is -3.95. The number of nitro groups is 2. The molecular formula is C14H19N3O8S. The summed E-state index contributed by atoms with van der Waals surface area (Å²) in [7, 11) is -3.95. The van der Waals surface area contributed by atoms with Crippen molar-refractivity contribution in [3.63, 3.8) is 0 Å². The van der Waals surface area contributed by atoms with Crippen LogP contribution in [0.3, 0.4) is 0 Å². The number of unbranched alkanes of at least 4 members (excludes halogenated alkanes) is 1. The Morgan fingerprint density at radius 2 is 1.65 bits per heavy atom. The van der Waals surface area contributed by atoms with Gasteiger partial charge in [-0.2, -0.15) is 0 Å². The molecule has 0 bridgehead atoms. The van der Waals surface area contributed by atoms with Crippen LogP contribution >= 0.6 is 0 Å². The lowest BCUT2D eigenvalue weighted by Gasteiger charge is -2.21. The molecule has 12 heteroatoms. The van der Waals surface area contributed by atoms with E-state index in [0.29, 0.717) is 25.0 Å². The van der Waals surface area contributed by atoms with Crippen LogP contribution < -0.4 is 4.90 Å². The SMILES string of the molecule is CCCCN(C(=O)OCC)c1c([N+](=O)[O-])cc(S(C)(=O)=O)cc1[N+](=O)[O-]. The predicted molar refractivity (Wildman–Crippen MR) is 92.1 cm³/mol. The number of hydrogen-bond donors (Lipinski definition) is 0. The number of benzene rings is 1. The molecule has 0 saturated heterocycles. The maximum absolute atomic E-state index is 12.2. The molecule has 1 aromatic rings. The first-order chi connectivity index (χ1) is 12.0. The average Bonchev–Trinajstić information content (AvgIpc) is 2.53. The summed E-state index contributed by atoms with van der Waals surface area (Å²) < 4.78 is 28.3. The molecule has 1 aromatic carbocycles. The molecule has 0 atom stereocenters. The zero-order valence-corrected chi connectivity index (χ0v) is 15.3. The first kappa shape index (κ1) is 21.3. The third kappa shape index (κ3) is 4.88. The standard InChI is InChI=1S/C14H19N3O8S/c1-4-6-7-15(14(18)25-5-2)13-11(16(19)20)8-10(26(3,23)24)9-12(13)17(21)22/h8-9H,4-7H2,1-3H3. The van der Waals surface area contributed by atoms with Gasteiger partial charge in [0.05, 0.1) is 21.3 Å². The molecule has 0 aliphatic rings. The van der Waals surface area contributed by atoms with Gasteiger partial charge in [-0.1, -0.05) is 13.3 Å². The Kier molecular flexibility index (Phi) is 7.01. The quantitative estimate of drug-likeness (QED) is 0.486. The van der Waals surface area contributed by atoms with Crippen LogP contribution in [0.1, 0.15) is 26.7 Å². The normalized spacial score (nSPS) is 11.0. The number of sulfone groups is 1. The van der Waals surface area contributed by atoms with E-state index in [9.17, 15) is 33.4 Å². The highest BCUT2D eigenvalue weighted by Crippen LogP contribution is 2.40. The highest BCUT2D eigenvalue weighted by Gasteiger charge is 2.36. The van der Waals surface area contributed by atoms with Gasteiger partial charge in [0, 0.05) is 24.9 Å².